The minimum Gasteiger partial charge on any atom is -0.496 e. The molecule has 1 amide bonds. The van der Waals surface area contributed by atoms with E-state index in [0.29, 0.717) is 0 Å². The maximum absolute atomic E-state index is 12.0. The van der Waals surface area contributed by atoms with E-state index in [2.05, 4.69) is 0 Å². The molecule has 0 radical (unpaired) electrons. The van der Waals surface area contributed by atoms with Gasteiger partial charge in [-0.3, -0.25) is 4.79 Å². The molecular weight excluding hydrogens is 313 g/mol. The lowest BCUT2D eigenvalue weighted by molar-refractivity contribution is -0.132. The van der Waals surface area contributed by atoms with Crippen molar-refractivity contribution in [1.29, 1.82) is 0 Å². The Bertz CT molecular complexity index is 629. The molecule has 0 atom stereocenters. The number of ether oxygens (including phenoxy) is 1. The molecule has 0 spiro atoms. The Morgan fingerprint density at radius 2 is 2.00 bits per heavy atom. The van der Waals surface area contributed by atoms with Crippen molar-refractivity contribution < 1.29 is 31.1 Å². The van der Waals surface area contributed by atoms with Crippen LogP contribution in [0.1, 0.15) is 16.8 Å². The number of hydrogen-bond acceptors (Lipinski definition) is 4. The second kappa shape index (κ2) is 6.31. The predicted molar refractivity (Wildman–Crippen MR) is 67.4 cm³/mol. The highest BCUT2D eigenvalue weighted by Crippen LogP contribution is 2.22. The number of methoxy groups -OCH3 is 1. The number of sulfonamides is 1. The molecule has 0 aromatic heterocycles. The van der Waals surface area contributed by atoms with Crippen molar-refractivity contribution in [3.8, 4) is 5.75 Å². The van der Waals surface area contributed by atoms with E-state index in [1.165, 1.54) is 13.2 Å². The Balaban J connectivity index is 2.96. The number of alkyl halides is 3. The van der Waals surface area contributed by atoms with Crippen molar-refractivity contribution in [2.24, 2.45) is 5.14 Å². The Labute approximate surface area is 119 Å². The SMILES string of the molecule is COc1ccc(S(N)(=O)=O)cc1C(=O)NCCC(F)(F)F. The third-order valence-electron chi connectivity index (χ3n) is 2.44. The summed E-state index contributed by atoms with van der Waals surface area (Å²) in [6.07, 6.45) is -5.60. The van der Waals surface area contributed by atoms with Gasteiger partial charge in [-0.25, -0.2) is 13.6 Å². The smallest absolute Gasteiger partial charge is 0.390 e. The average Bonchev–Trinajstić information content (AvgIpc) is 2.35. The van der Waals surface area contributed by atoms with E-state index in [9.17, 15) is 26.4 Å². The number of rotatable bonds is 5. The minimum absolute atomic E-state index is 0.0203. The van der Waals surface area contributed by atoms with Crippen LogP contribution in [0.15, 0.2) is 23.1 Å². The first-order valence-corrected chi connectivity index (χ1v) is 7.15. The second-order valence-electron chi connectivity index (χ2n) is 4.03. The van der Waals surface area contributed by atoms with Gasteiger partial charge in [-0.05, 0) is 18.2 Å². The summed E-state index contributed by atoms with van der Waals surface area (Å²) in [4.78, 5) is 11.5. The number of carbonyl (C=O) groups is 1. The van der Waals surface area contributed by atoms with Crippen LogP contribution in [0, 0.1) is 0 Å². The number of carbonyl (C=O) groups excluding carboxylic acids is 1. The molecule has 0 aliphatic heterocycles. The fourth-order valence-electron chi connectivity index (χ4n) is 1.45. The highest BCUT2D eigenvalue weighted by molar-refractivity contribution is 7.89. The Hall–Kier alpha value is -1.81. The lowest BCUT2D eigenvalue weighted by Crippen LogP contribution is -2.28. The summed E-state index contributed by atoms with van der Waals surface area (Å²) in [5.74, 6) is -0.867. The van der Waals surface area contributed by atoms with Gasteiger partial charge in [-0.15, -0.1) is 0 Å². The number of primary sulfonamides is 1. The summed E-state index contributed by atoms with van der Waals surface area (Å²) in [6.45, 7) is -0.634. The third kappa shape index (κ3) is 5.23. The largest absolute Gasteiger partial charge is 0.496 e. The van der Waals surface area contributed by atoms with Gasteiger partial charge in [-0.1, -0.05) is 0 Å². The molecule has 0 aliphatic rings. The van der Waals surface area contributed by atoms with Gasteiger partial charge in [-0.2, -0.15) is 13.2 Å². The van der Waals surface area contributed by atoms with Gasteiger partial charge in [0.2, 0.25) is 10.0 Å². The Morgan fingerprint density at radius 3 is 2.48 bits per heavy atom. The number of halogens is 3. The van der Waals surface area contributed by atoms with Crippen LogP contribution in [0.4, 0.5) is 13.2 Å². The monoisotopic (exact) mass is 326 g/mol. The zero-order chi connectivity index (χ0) is 16.3. The summed E-state index contributed by atoms with van der Waals surface area (Å²) in [7, 11) is -2.81. The normalized spacial score (nSPS) is 12.0. The number of nitrogens with one attached hydrogen (secondary N) is 1. The number of benzene rings is 1. The lowest BCUT2D eigenvalue weighted by Gasteiger charge is -2.11. The lowest BCUT2D eigenvalue weighted by atomic mass is 10.2. The van der Waals surface area contributed by atoms with E-state index in [1.54, 1.807) is 0 Å². The number of amides is 1. The zero-order valence-corrected chi connectivity index (χ0v) is 11.7. The van der Waals surface area contributed by atoms with Gasteiger partial charge in [0.05, 0.1) is 24.0 Å². The highest BCUT2D eigenvalue weighted by atomic mass is 32.2. The van der Waals surface area contributed by atoms with Gasteiger partial charge in [0.15, 0.2) is 0 Å². The summed E-state index contributed by atoms with van der Waals surface area (Å²) in [5.41, 5.74) is -0.216. The Kier molecular flexibility index (Phi) is 5.18. The topological polar surface area (TPSA) is 98.5 Å². The van der Waals surface area contributed by atoms with E-state index >= 15 is 0 Å². The standard InChI is InChI=1S/C11H13F3N2O4S/c1-20-9-3-2-7(21(15,18)19)6-8(9)10(17)16-5-4-11(12,13)14/h2-3,6H,4-5H2,1H3,(H,16,17)(H2,15,18,19). The molecule has 0 saturated heterocycles. The summed E-state index contributed by atoms with van der Waals surface area (Å²) in [5, 5.41) is 6.96. The summed E-state index contributed by atoms with van der Waals surface area (Å²) in [6, 6.07) is 3.26. The molecule has 0 bridgehead atoms. The van der Waals surface area contributed by atoms with E-state index in [1.807, 2.05) is 5.32 Å². The van der Waals surface area contributed by atoms with Gasteiger partial charge in [0, 0.05) is 6.54 Å². The van der Waals surface area contributed by atoms with Gasteiger partial charge in [0.1, 0.15) is 5.75 Å². The average molecular weight is 326 g/mol. The molecule has 1 rings (SSSR count). The quantitative estimate of drug-likeness (QED) is 0.844. The van der Waals surface area contributed by atoms with Crippen LogP contribution < -0.4 is 15.2 Å². The van der Waals surface area contributed by atoms with Crippen LogP contribution in [0.3, 0.4) is 0 Å². The molecule has 21 heavy (non-hydrogen) atoms. The van der Waals surface area contributed by atoms with Gasteiger partial charge < -0.3 is 10.1 Å². The fourth-order valence-corrected chi connectivity index (χ4v) is 1.99. The van der Waals surface area contributed by atoms with Gasteiger partial charge in [0.25, 0.3) is 5.91 Å². The molecule has 0 saturated carbocycles. The molecule has 0 heterocycles. The van der Waals surface area contributed by atoms with Crippen molar-refractivity contribution in [1.82, 2.24) is 5.32 Å². The van der Waals surface area contributed by atoms with Gasteiger partial charge >= 0.3 is 6.18 Å². The molecule has 1 aromatic rings. The molecule has 0 aliphatic carbocycles. The Morgan fingerprint density at radius 1 is 1.38 bits per heavy atom. The second-order valence-corrected chi connectivity index (χ2v) is 5.59. The molecule has 3 N–H and O–H groups in total. The predicted octanol–water partition coefficient (Wildman–Crippen LogP) is 1.02. The molecule has 0 fully saturated rings. The minimum atomic E-state index is -4.40. The molecule has 10 heteroatoms. The maximum Gasteiger partial charge on any atom is 0.390 e. The zero-order valence-electron chi connectivity index (χ0n) is 10.9. The molecule has 1 aromatic carbocycles. The molecule has 6 nitrogen and oxygen atoms in total. The van der Waals surface area contributed by atoms with Crippen molar-refractivity contribution in [2.75, 3.05) is 13.7 Å². The van der Waals surface area contributed by atoms with Crippen LogP contribution in [-0.4, -0.2) is 34.2 Å². The van der Waals surface area contributed by atoms with Crippen molar-refractivity contribution in [3.63, 3.8) is 0 Å². The highest BCUT2D eigenvalue weighted by Gasteiger charge is 2.27. The molecular formula is C11H13F3N2O4S. The van der Waals surface area contributed by atoms with Crippen LogP contribution in [0.5, 0.6) is 5.75 Å². The van der Waals surface area contributed by atoms with Crippen LogP contribution in [0.25, 0.3) is 0 Å². The van der Waals surface area contributed by atoms with Crippen LogP contribution >= 0.6 is 0 Å². The first-order valence-electron chi connectivity index (χ1n) is 5.60. The van der Waals surface area contributed by atoms with Crippen LogP contribution in [0.2, 0.25) is 0 Å². The van der Waals surface area contributed by atoms with E-state index < -0.39 is 35.1 Å². The van der Waals surface area contributed by atoms with Crippen LogP contribution in [-0.2, 0) is 10.0 Å². The number of nitrogens with two attached hydrogens (primary N) is 1. The summed E-state index contributed by atoms with van der Waals surface area (Å²) >= 11 is 0. The third-order valence-corrected chi connectivity index (χ3v) is 3.35. The van der Waals surface area contributed by atoms with E-state index in [4.69, 9.17) is 9.88 Å². The van der Waals surface area contributed by atoms with Crippen molar-refractivity contribution >= 4 is 15.9 Å². The number of hydrogen-bond donors (Lipinski definition) is 2. The maximum atomic E-state index is 12.0. The van der Waals surface area contributed by atoms with Crippen molar-refractivity contribution in [3.05, 3.63) is 23.8 Å². The van der Waals surface area contributed by atoms with Crippen molar-refractivity contribution in [2.45, 2.75) is 17.5 Å². The molecule has 118 valence electrons. The first-order chi connectivity index (χ1) is 9.54. The molecule has 0 unspecified atom stereocenters. The van der Waals surface area contributed by atoms with E-state index in [-0.39, 0.29) is 16.2 Å². The van der Waals surface area contributed by atoms with E-state index in [0.717, 1.165) is 12.1 Å². The summed E-state index contributed by atoms with van der Waals surface area (Å²) < 4.78 is 63.3. The fraction of sp³-hybridized carbons (Fsp3) is 0.364. The first kappa shape index (κ1) is 17.2.